The molecule has 1 aromatic heterocycles. The number of benzene rings is 1. The fourth-order valence-corrected chi connectivity index (χ4v) is 2.87. The number of hydrogen-bond acceptors (Lipinski definition) is 4. The molecule has 3 nitrogen and oxygen atoms in total. The van der Waals surface area contributed by atoms with Crippen molar-refractivity contribution >= 4 is 27.4 Å². The molecular formula is C14H21N3S. The molecule has 18 heavy (non-hydrogen) atoms. The molecule has 0 bridgehead atoms. The number of hydrogen-bond donors (Lipinski definition) is 2. The molecule has 0 radical (unpaired) electrons. The van der Waals surface area contributed by atoms with Gasteiger partial charge in [-0.3, -0.25) is 0 Å². The smallest absolute Gasteiger partial charge is 0.117 e. The fraction of sp³-hybridized carbons (Fsp3) is 0.500. The van der Waals surface area contributed by atoms with Crippen LogP contribution in [-0.4, -0.2) is 17.0 Å². The van der Waals surface area contributed by atoms with Crippen LogP contribution in [0.4, 0.5) is 5.00 Å². The first kappa shape index (κ1) is 13.3. The second-order valence-corrected chi connectivity index (χ2v) is 6.71. The van der Waals surface area contributed by atoms with E-state index in [1.165, 1.54) is 16.9 Å². The summed E-state index contributed by atoms with van der Waals surface area (Å²) >= 11 is 1.51. The molecule has 1 atom stereocenters. The first-order valence-electron chi connectivity index (χ1n) is 6.29. The van der Waals surface area contributed by atoms with Crippen LogP contribution in [0.1, 0.15) is 27.2 Å². The van der Waals surface area contributed by atoms with Crippen molar-refractivity contribution in [3.8, 4) is 0 Å². The van der Waals surface area contributed by atoms with Gasteiger partial charge < -0.3 is 11.1 Å². The Labute approximate surface area is 113 Å². The van der Waals surface area contributed by atoms with Gasteiger partial charge in [0.1, 0.15) is 5.00 Å². The van der Waals surface area contributed by atoms with Gasteiger partial charge in [-0.2, -0.15) is 4.37 Å². The van der Waals surface area contributed by atoms with E-state index >= 15 is 0 Å². The zero-order chi connectivity index (χ0) is 13.2. The number of fused-ring (bicyclic) bond motifs is 1. The number of nitrogens with zero attached hydrogens (tertiary/aromatic N) is 1. The Kier molecular flexibility index (Phi) is 3.88. The minimum Gasteiger partial charge on any atom is -0.374 e. The molecule has 0 spiro atoms. The highest BCUT2D eigenvalue weighted by Gasteiger charge is 2.16. The van der Waals surface area contributed by atoms with Crippen molar-refractivity contribution in [1.29, 1.82) is 0 Å². The van der Waals surface area contributed by atoms with E-state index in [2.05, 4.69) is 36.5 Å². The maximum atomic E-state index is 6.14. The summed E-state index contributed by atoms with van der Waals surface area (Å²) in [5.41, 5.74) is 7.47. The molecule has 0 aliphatic rings. The van der Waals surface area contributed by atoms with Gasteiger partial charge in [-0.1, -0.05) is 32.9 Å². The summed E-state index contributed by atoms with van der Waals surface area (Å²) in [5.74, 6) is 0. The molecule has 0 aliphatic heterocycles. The molecule has 0 aliphatic carbocycles. The van der Waals surface area contributed by atoms with E-state index in [0.29, 0.717) is 0 Å². The summed E-state index contributed by atoms with van der Waals surface area (Å²) in [6.07, 6.45) is 1.01. The van der Waals surface area contributed by atoms with Gasteiger partial charge in [0.25, 0.3) is 0 Å². The van der Waals surface area contributed by atoms with Gasteiger partial charge in [-0.25, -0.2) is 0 Å². The molecule has 2 rings (SSSR count). The van der Waals surface area contributed by atoms with Gasteiger partial charge in [0, 0.05) is 18.0 Å². The number of rotatable bonds is 4. The van der Waals surface area contributed by atoms with Crippen molar-refractivity contribution < 1.29 is 0 Å². The summed E-state index contributed by atoms with van der Waals surface area (Å²) in [6, 6.07) is 8.35. The second-order valence-electron chi connectivity index (χ2n) is 5.93. The number of nitrogens with two attached hydrogens (primary N) is 1. The van der Waals surface area contributed by atoms with Gasteiger partial charge in [0.15, 0.2) is 0 Å². The lowest BCUT2D eigenvalue weighted by molar-refractivity contribution is 0.345. The average Bonchev–Trinajstić information content (AvgIpc) is 2.67. The minimum absolute atomic E-state index is 0.172. The first-order chi connectivity index (χ1) is 8.46. The first-order valence-corrected chi connectivity index (χ1v) is 7.07. The lowest BCUT2D eigenvalue weighted by Crippen LogP contribution is -2.33. The maximum Gasteiger partial charge on any atom is 0.117 e. The largest absolute Gasteiger partial charge is 0.374 e. The Hall–Kier alpha value is -1.13. The van der Waals surface area contributed by atoms with E-state index in [1.54, 1.807) is 0 Å². The van der Waals surface area contributed by atoms with Crippen LogP contribution in [0.3, 0.4) is 0 Å². The number of anilines is 1. The minimum atomic E-state index is 0.172. The van der Waals surface area contributed by atoms with Crippen molar-refractivity contribution in [2.75, 3.05) is 11.9 Å². The quantitative estimate of drug-likeness (QED) is 0.888. The third kappa shape index (κ3) is 3.43. The Bertz CT molecular complexity index is 513. The van der Waals surface area contributed by atoms with Crippen molar-refractivity contribution in [2.45, 2.75) is 33.2 Å². The summed E-state index contributed by atoms with van der Waals surface area (Å²) < 4.78 is 4.41. The Morgan fingerprint density at radius 1 is 1.33 bits per heavy atom. The van der Waals surface area contributed by atoms with Crippen molar-refractivity contribution in [3.05, 3.63) is 24.3 Å². The highest BCUT2D eigenvalue weighted by Crippen LogP contribution is 2.27. The van der Waals surface area contributed by atoms with Crippen LogP contribution < -0.4 is 11.1 Å². The van der Waals surface area contributed by atoms with Crippen molar-refractivity contribution in [1.82, 2.24) is 4.37 Å². The lowest BCUT2D eigenvalue weighted by Gasteiger charge is -2.23. The molecule has 1 heterocycles. The fourth-order valence-electron chi connectivity index (χ4n) is 2.10. The third-order valence-electron chi connectivity index (χ3n) is 2.78. The van der Waals surface area contributed by atoms with Gasteiger partial charge >= 0.3 is 0 Å². The van der Waals surface area contributed by atoms with Gasteiger partial charge in [0.05, 0.1) is 5.52 Å². The number of aromatic nitrogens is 1. The van der Waals surface area contributed by atoms with Crippen LogP contribution in [0.2, 0.25) is 0 Å². The third-order valence-corrected chi connectivity index (χ3v) is 3.62. The molecule has 0 saturated carbocycles. The van der Waals surface area contributed by atoms with Crippen LogP contribution in [0.5, 0.6) is 0 Å². The summed E-state index contributed by atoms with van der Waals surface area (Å²) in [4.78, 5) is 0. The monoisotopic (exact) mass is 263 g/mol. The molecule has 1 aromatic carbocycles. The van der Waals surface area contributed by atoms with E-state index in [-0.39, 0.29) is 11.5 Å². The predicted octanol–water partition coefficient (Wildman–Crippen LogP) is 3.47. The van der Waals surface area contributed by atoms with Gasteiger partial charge in [0.2, 0.25) is 0 Å². The summed E-state index contributed by atoms with van der Waals surface area (Å²) in [7, 11) is 0. The van der Waals surface area contributed by atoms with E-state index in [4.69, 9.17) is 5.73 Å². The predicted molar refractivity (Wildman–Crippen MR) is 80.2 cm³/mol. The van der Waals surface area contributed by atoms with Crippen LogP contribution >= 0.6 is 11.5 Å². The zero-order valence-electron chi connectivity index (χ0n) is 11.2. The van der Waals surface area contributed by atoms with Crippen molar-refractivity contribution in [3.63, 3.8) is 0 Å². The molecule has 0 fully saturated rings. The van der Waals surface area contributed by atoms with Crippen LogP contribution in [-0.2, 0) is 0 Å². The average molecular weight is 263 g/mol. The standard InChI is InChI=1S/C14H21N3S/c1-14(2,3)8-10(15)9-16-13-11-6-4-5-7-12(11)17-18-13/h4-7,10,16H,8-9,15H2,1-3H3. The normalized spacial score (nSPS) is 13.8. The van der Waals surface area contributed by atoms with E-state index in [9.17, 15) is 0 Å². The van der Waals surface area contributed by atoms with E-state index < -0.39 is 0 Å². The molecular weight excluding hydrogens is 242 g/mol. The second kappa shape index (κ2) is 5.24. The highest BCUT2D eigenvalue weighted by molar-refractivity contribution is 7.11. The molecule has 2 aromatic rings. The maximum absolute atomic E-state index is 6.14. The van der Waals surface area contributed by atoms with Crippen LogP contribution in [0, 0.1) is 5.41 Å². The molecule has 4 heteroatoms. The SMILES string of the molecule is CC(C)(C)CC(N)CNc1snc2ccccc12. The summed E-state index contributed by atoms with van der Waals surface area (Å²) in [5, 5.41) is 5.73. The highest BCUT2D eigenvalue weighted by atomic mass is 32.1. The zero-order valence-corrected chi connectivity index (χ0v) is 12.1. The Morgan fingerprint density at radius 2 is 2.06 bits per heavy atom. The van der Waals surface area contributed by atoms with Gasteiger partial charge in [-0.05, 0) is 35.5 Å². The lowest BCUT2D eigenvalue weighted by atomic mass is 9.88. The number of nitrogens with one attached hydrogen (secondary N) is 1. The van der Waals surface area contributed by atoms with E-state index in [1.807, 2.05) is 18.2 Å². The van der Waals surface area contributed by atoms with E-state index in [0.717, 1.165) is 23.5 Å². The van der Waals surface area contributed by atoms with Gasteiger partial charge in [-0.15, -0.1) is 0 Å². The molecule has 3 N–H and O–H groups in total. The van der Waals surface area contributed by atoms with Crippen molar-refractivity contribution in [2.24, 2.45) is 11.1 Å². The molecule has 98 valence electrons. The Balaban J connectivity index is 1.98. The van der Waals surface area contributed by atoms with Crippen LogP contribution in [0.25, 0.3) is 10.9 Å². The molecule has 0 saturated heterocycles. The molecule has 1 unspecified atom stereocenters. The Morgan fingerprint density at radius 3 is 2.78 bits per heavy atom. The summed E-state index contributed by atoms with van der Waals surface area (Å²) in [6.45, 7) is 7.45. The topological polar surface area (TPSA) is 50.9 Å². The molecule has 0 amide bonds. The van der Waals surface area contributed by atoms with Crippen LogP contribution in [0.15, 0.2) is 24.3 Å².